The molecule has 0 atom stereocenters. The molecule has 0 unspecified atom stereocenters. The van der Waals surface area contributed by atoms with Gasteiger partial charge in [-0.2, -0.15) is 0 Å². The highest BCUT2D eigenvalue weighted by Crippen LogP contribution is 2.33. The third-order valence-electron chi connectivity index (χ3n) is 4.27. The lowest BCUT2D eigenvalue weighted by atomic mass is 10.2. The van der Waals surface area contributed by atoms with Crippen molar-refractivity contribution in [3.05, 3.63) is 30.5 Å². The van der Waals surface area contributed by atoms with Crippen LogP contribution in [0, 0.1) is 0 Å². The number of likely N-dealkylation sites (N-methyl/N-ethyl adjacent to an activating group) is 1. The van der Waals surface area contributed by atoms with Crippen molar-refractivity contribution in [3.63, 3.8) is 0 Å². The van der Waals surface area contributed by atoms with E-state index in [9.17, 15) is 0 Å². The molecule has 2 aliphatic heterocycles. The standard InChI is InChI=1S/C16H24N4O/c1-3-18-9-11-19(12-10-18)14-5-6-15(16(13-14)21-2)20-8-4-7-17-20/h4-7,13,17H,3,8-12H2,1-2H3. The molecule has 2 aliphatic rings. The number of nitrogens with one attached hydrogen (secondary N) is 1. The van der Waals surface area contributed by atoms with Crippen molar-refractivity contribution in [2.75, 3.05) is 56.3 Å². The highest BCUT2D eigenvalue weighted by Gasteiger charge is 2.19. The van der Waals surface area contributed by atoms with Gasteiger partial charge in [0.15, 0.2) is 0 Å². The first kappa shape index (κ1) is 14.1. The summed E-state index contributed by atoms with van der Waals surface area (Å²) in [6.45, 7) is 8.68. The molecule has 3 rings (SSSR count). The number of nitrogens with zero attached hydrogens (tertiary/aromatic N) is 3. The molecule has 21 heavy (non-hydrogen) atoms. The fourth-order valence-electron chi connectivity index (χ4n) is 2.93. The molecule has 2 heterocycles. The molecule has 1 aromatic carbocycles. The van der Waals surface area contributed by atoms with Crippen LogP contribution in [0.15, 0.2) is 30.5 Å². The number of benzene rings is 1. The Bertz CT molecular complexity index is 501. The Morgan fingerprint density at radius 2 is 2.00 bits per heavy atom. The van der Waals surface area contributed by atoms with Crippen LogP contribution in [0.25, 0.3) is 0 Å². The van der Waals surface area contributed by atoms with Crippen LogP contribution in [0.4, 0.5) is 11.4 Å². The quantitative estimate of drug-likeness (QED) is 0.911. The van der Waals surface area contributed by atoms with Gasteiger partial charge in [0, 0.05) is 44.1 Å². The molecule has 0 aromatic heterocycles. The number of rotatable bonds is 4. The van der Waals surface area contributed by atoms with E-state index in [4.69, 9.17) is 4.74 Å². The maximum atomic E-state index is 5.58. The van der Waals surface area contributed by atoms with Crippen LogP contribution in [0.2, 0.25) is 0 Å². The van der Waals surface area contributed by atoms with Crippen molar-refractivity contribution in [1.82, 2.24) is 10.3 Å². The molecule has 0 aliphatic carbocycles. The second-order valence-corrected chi connectivity index (χ2v) is 5.42. The number of methoxy groups -OCH3 is 1. The molecule has 1 fully saturated rings. The molecule has 5 heteroatoms. The summed E-state index contributed by atoms with van der Waals surface area (Å²) in [4.78, 5) is 4.93. The molecule has 0 saturated carbocycles. The van der Waals surface area contributed by atoms with Crippen molar-refractivity contribution in [2.45, 2.75) is 6.92 Å². The normalized spacial score (nSPS) is 19.0. The molecule has 0 spiro atoms. The largest absolute Gasteiger partial charge is 0.494 e. The maximum absolute atomic E-state index is 5.58. The van der Waals surface area contributed by atoms with Crippen LogP contribution in [0.3, 0.4) is 0 Å². The second-order valence-electron chi connectivity index (χ2n) is 5.42. The number of piperazine rings is 1. The van der Waals surface area contributed by atoms with Crippen LogP contribution < -0.4 is 20.1 Å². The first-order valence-electron chi connectivity index (χ1n) is 7.66. The van der Waals surface area contributed by atoms with Crippen LogP contribution in [-0.4, -0.2) is 51.3 Å². The van der Waals surface area contributed by atoms with E-state index >= 15 is 0 Å². The molecule has 1 saturated heterocycles. The minimum Gasteiger partial charge on any atom is -0.494 e. The number of hydrogen-bond acceptors (Lipinski definition) is 5. The van der Waals surface area contributed by atoms with Crippen molar-refractivity contribution in [1.29, 1.82) is 0 Å². The van der Waals surface area contributed by atoms with Crippen LogP contribution in [-0.2, 0) is 0 Å². The van der Waals surface area contributed by atoms with Crippen LogP contribution >= 0.6 is 0 Å². The lowest BCUT2D eigenvalue weighted by Crippen LogP contribution is -2.46. The fourth-order valence-corrected chi connectivity index (χ4v) is 2.93. The lowest BCUT2D eigenvalue weighted by molar-refractivity contribution is 0.271. The average molecular weight is 288 g/mol. The summed E-state index contributed by atoms with van der Waals surface area (Å²) in [5.74, 6) is 0.918. The monoisotopic (exact) mass is 288 g/mol. The van der Waals surface area contributed by atoms with Gasteiger partial charge in [-0.05, 0) is 24.8 Å². The van der Waals surface area contributed by atoms with E-state index in [-0.39, 0.29) is 0 Å². The third kappa shape index (κ3) is 2.93. The highest BCUT2D eigenvalue weighted by atomic mass is 16.5. The molecule has 0 radical (unpaired) electrons. The predicted octanol–water partition coefficient (Wildman–Crippen LogP) is 1.68. The molecular formula is C16H24N4O. The zero-order chi connectivity index (χ0) is 14.7. The third-order valence-corrected chi connectivity index (χ3v) is 4.27. The first-order valence-corrected chi connectivity index (χ1v) is 7.66. The van der Waals surface area contributed by atoms with E-state index in [0.717, 1.165) is 50.7 Å². The Morgan fingerprint density at radius 1 is 1.19 bits per heavy atom. The minimum absolute atomic E-state index is 0.866. The Labute approximate surface area is 126 Å². The summed E-state index contributed by atoms with van der Waals surface area (Å²) < 4.78 is 5.58. The van der Waals surface area contributed by atoms with Gasteiger partial charge in [0.1, 0.15) is 5.75 Å². The highest BCUT2D eigenvalue weighted by molar-refractivity contribution is 5.66. The summed E-state index contributed by atoms with van der Waals surface area (Å²) >= 11 is 0. The SMILES string of the molecule is CCN1CCN(c2ccc(N3CC=CN3)c(OC)c2)CC1. The molecule has 5 nitrogen and oxygen atoms in total. The average Bonchev–Trinajstić information content (AvgIpc) is 3.08. The van der Waals surface area contributed by atoms with E-state index in [1.807, 2.05) is 6.20 Å². The van der Waals surface area contributed by atoms with Gasteiger partial charge in [-0.25, -0.2) is 0 Å². The van der Waals surface area contributed by atoms with Gasteiger partial charge in [-0.3, -0.25) is 5.01 Å². The molecule has 1 aromatic rings. The maximum Gasteiger partial charge on any atom is 0.146 e. The molecule has 0 amide bonds. The molecular weight excluding hydrogens is 264 g/mol. The van der Waals surface area contributed by atoms with Gasteiger partial charge in [-0.1, -0.05) is 6.92 Å². The first-order chi connectivity index (χ1) is 10.3. The Hall–Kier alpha value is -1.88. The Morgan fingerprint density at radius 3 is 2.62 bits per heavy atom. The van der Waals surface area contributed by atoms with E-state index in [2.05, 4.69) is 51.4 Å². The molecule has 0 bridgehead atoms. The topological polar surface area (TPSA) is 31.0 Å². The Balaban J connectivity index is 1.75. The zero-order valence-electron chi connectivity index (χ0n) is 12.9. The smallest absolute Gasteiger partial charge is 0.146 e. The second kappa shape index (κ2) is 6.26. The van der Waals surface area contributed by atoms with Gasteiger partial charge in [0.2, 0.25) is 0 Å². The molecule has 114 valence electrons. The number of hydrogen-bond donors (Lipinski definition) is 1. The van der Waals surface area contributed by atoms with Gasteiger partial charge >= 0.3 is 0 Å². The van der Waals surface area contributed by atoms with Crippen LogP contribution in [0.1, 0.15) is 6.92 Å². The van der Waals surface area contributed by atoms with Gasteiger partial charge in [0.25, 0.3) is 0 Å². The van der Waals surface area contributed by atoms with Gasteiger partial charge < -0.3 is 20.0 Å². The lowest BCUT2D eigenvalue weighted by Gasteiger charge is -2.36. The van der Waals surface area contributed by atoms with Crippen molar-refractivity contribution in [2.24, 2.45) is 0 Å². The number of ether oxygens (including phenoxy) is 1. The van der Waals surface area contributed by atoms with E-state index in [0.29, 0.717) is 0 Å². The summed E-state index contributed by atoms with van der Waals surface area (Å²) in [5.41, 5.74) is 5.54. The summed E-state index contributed by atoms with van der Waals surface area (Å²) in [6.07, 6.45) is 4.05. The zero-order valence-corrected chi connectivity index (χ0v) is 12.9. The van der Waals surface area contributed by atoms with Gasteiger partial charge in [-0.15, -0.1) is 0 Å². The summed E-state index contributed by atoms with van der Waals surface area (Å²) in [6, 6.07) is 6.48. The summed E-state index contributed by atoms with van der Waals surface area (Å²) in [5, 5.41) is 2.08. The van der Waals surface area contributed by atoms with E-state index in [1.54, 1.807) is 7.11 Å². The van der Waals surface area contributed by atoms with E-state index < -0.39 is 0 Å². The van der Waals surface area contributed by atoms with Crippen LogP contribution in [0.5, 0.6) is 5.75 Å². The van der Waals surface area contributed by atoms with Crippen molar-refractivity contribution < 1.29 is 4.74 Å². The van der Waals surface area contributed by atoms with Crippen molar-refractivity contribution >= 4 is 11.4 Å². The number of anilines is 2. The van der Waals surface area contributed by atoms with Crippen molar-refractivity contribution in [3.8, 4) is 5.75 Å². The van der Waals surface area contributed by atoms with Gasteiger partial charge in [0.05, 0.1) is 19.3 Å². The minimum atomic E-state index is 0.866. The predicted molar refractivity (Wildman–Crippen MR) is 86.9 cm³/mol. The fraction of sp³-hybridized carbons (Fsp3) is 0.500. The summed E-state index contributed by atoms with van der Waals surface area (Å²) in [7, 11) is 1.74. The molecule has 1 N–H and O–H groups in total. The Kier molecular flexibility index (Phi) is 4.20. The number of hydrazine groups is 1. The van der Waals surface area contributed by atoms with E-state index in [1.165, 1.54) is 5.69 Å².